The quantitative estimate of drug-likeness (QED) is 0.271. The molecule has 1 aliphatic rings. The zero-order chi connectivity index (χ0) is 29.3. The molecule has 2 aromatic heterocycles. The summed E-state index contributed by atoms with van der Waals surface area (Å²) in [6.07, 6.45) is -6.68. The SMILES string of the molecule is CCOC(=O)Cc1nnn(CC[C@H]2O[C@H](c3cccc(OC)c3C)c3cc(Cl)ccc3-n3c2nnc3C(F)(F)F)n1. The summed E-state index contributed by atoms with van der Waals surface area (Å²) in [5.74, 6) is -0.995. The first kappa shape index (κ1) is 28.5. The number of fused-ring (bicyclic) bond motifs is 3. The fraction of sp³-hybridized carbons (Fsp3) is 0.385. The van der Waals surface area contributed by atoms with Crippen molar-refractivity contribution < 1.29 is 32.2 Å². The van der Waals surface area contributed by atoms with Crippen LogP contribution >= 0.6 is 11.6 Å². The molecule has 0 bridgehead atoms. The van der Waals surface area contributed by atoms with Crippen molar-refractivity contribution in [2.45, 2.75) is 51.6 Å². The molecule has 5 rings (SSSR count). The summed E-state index contributed by atoms with van der Waals surface area (Å²) >= 11 is 6.34. The van der Waals surface area contributed by atoms with Crippen molar-refractivity contribution in [3.8, 4) is 11.4 Å². The lowest BCUT2D eigenvalue weighted by Gasteiger charge is -2.24. The summed E-state index contributed by atoms with van der Waals surface area (Å²) < 4.78 is 60.4. The number of carbonyl (C=O) groups is 1. The zero-order valence-corrected chi connectivity index (χ0v) is 23.0. The Morgan fingerprint density at radius 3 is 2.68 bits per heavy atom. The number of hydrogen-bond acceptors (Lipinski definition) is 9. The van der Waals surface area contributed by atoms with Crippen LogP contribution in [0.4, 0.5) is 13.2 Å². The van der Waals surface area contributed by atoms with Gasteiger partial charge in [0.15, 0.2) is 11.6 Å². The van der Waals surface area contributed by atoms with Gasteiger partial charge in [0.1, 0.15) is 24.4 Å². The van der Waals surface area contributed by atoms with Crippen LogP contribution < -0.4 is 4.74 Å². The number of hydrogen-bond donors (Lipinski definition) is 0. The van der Waals surface area contributed by atoms with E-state index in [0.29, 0.717) is 21.9 Å². The van der Waals surface area contributed by atoms with Gasteiger partial charge in [0.05, 0.1) is 25.9 Å². The number of rotatable bonds is 8. The van der Waals surface area contributed by atoms with Crippen molar-refractivity contribution in [1.82, 2.24) is 35.0 Å². The van der Waals surface area contributed by atoms with Gasteiger partial charge in [-0.3, -0.25) is 9.36 Å². The molecule has 0 amide bonds. The third-order valence-electron chi connectivity index (χ3n) is 6.56. The molecule has 15 heteroatoms. The van der Waals surface area contributed by atoms with Crippen molar-refractivity contribution in [2.75, 3.05) is 13.7 Å². The molecule has 3 heterocycles. The first-order chi connectivity index (χ1) is 19.6. The Balaban J connectivity index is 1.57. The normalized spacial score (nSPS) is 16.6. The van der Waals surface area contributed by atoms with Crippen molar-refractivity contribution in [3.63, 3.8) is 0 Å². The topological polar surface area (TPSA) is 119 Å². The van der Waals surface area contributed by atoms with E-state index in [2.05, 4.69) is 25.6 Å². The number of alkyl halides is 3. The molecule has 1 aliphatic heterocycles. The maximum Gasteiger partial charge on any atom is 0.452 e. The molecule has 216 valence electrons. The highest BCUT2D eigenvalue weighted by Gasteiger charge is 2.43. The number of halogens is 4. The van der Waals surface area contributed by atoms with Crippen LogP contribution in [0.1, 0.15) is 59.7 Å². The Morgan fingerprint density at radius 1 is 1.15 bits per heavy atom. The number of esters is 1. The van der Waals surface area contributed by atoms with Crippen LogP contribution in [0.3, 0.4) is 0 Å². The van der Waals surface area contributed by atoms with E-state index in [0.717, 1.165) is 10.1 Å². The van der Waals surface area contributed by atoms with Crippen LogP contribution in [0.25, 0.3) is 5.69 Å². The van der Waals surface area contributed by atoms with Crippen molar-refractivity contribution in [3.05, 3.63) is 75.6 Å². The second kappa shape index (κ2) is 11.4. The van der Waals surface area contributed by atoms with Gasteiger partial charge in [-0.15, -0.1) is 20.4 Å². The fourth-order valence-corrected chi connectivity index (χ4v) is 4.93. The van der Waals surface area contributed by atoms with E-state index < -0.39 is 30.2 Å². The van der Waals surface area contributed by atoms with Gasteiger partial charge in [-0.2, -0.15) is 18.0 Å². The van der Waals surface area contributed by atoms with Crippen LogP contribution in [0.2, 0.25) is 5.02 Å². The molecule has 0 fully saturated rings. The predicted octanol–water partition coefficient (Wildman–Crippen LogP) is 4.60. The Hall–Kier alpha value is -4.04. The summed E-state index contributed by atoms with van der Waals surface area (Å²) in [6, 6.07) is 9.96. The molecule has 0 N–H and O–H groups in total. The largest absolute Gasteiger partial charge is 0.496 e. The number of methoxy groups -OCH3 is 1. The first-order valence-electron chi connectivity index (χ1n) is 12.6. The molecule has 0 aliphatic carbocycles. The summed E-state index contributed by atoms with van der Waals surface area (Å²) in [6.45, 7) is 3.83. The number of nitrogens with zero attached hydrogens (tertiary/aromatic N) is 7. The van der Waals surface area contributed by atoms with Gasteiger partial charge in [0.2, 0.25) is 5.82 Å². The minimum atomic E-state index is -4.80. The molecule has 11 nitrogen and oxygen atoms in total. The minimum Gasteiger partial charge on any atom is -0.496 e. The molecule has 0 saturated carbocycles. The lowest BCUT2D eigenvalue weighted by atomic mass is 9.95. The Morgan fingerprint density at radius 2 is 1.95 bits per heavy atom. The number of ether oxygens (including phenoxy) is 3. The molecule has 0 radical (unpaired) electrons. The number of aryl methyl sites for hydroxylation is 1. The van der Waals surface area contributed by atoms with E-state index in [4.69, 9.17) is 25.8 Å². The highest BCUT2D eigenvalue weighted by atomic mass is 35.5. The predicted molar refractivity (Wildman–Crippen MR) is 138 cm³/mol. The number of aromatic nitrogens is 7. The summed E-state index contributed by atoms with van der Waals surface area (Å²) in [7, 11) is 1.53. The van der Waals surface area contributed by atoms with Gasteiger partial charge in [-0.25, -0.2) is 0 Å². The van der Waals surface area contributed by atoms with Crippen LogP contribution in [-0.2, 0) is 33.4 Å². The second-order valence-corrected chi connectivity index (χ2v) is 9.61. The Bertz CT molecular complexity index is 1570. The lowest BCUT2D eigenvalue weighted by molar-refractivity contribution is -0.146. The van der Waals surface area contributed by atoms with Gasteiger partial charge in [0.25, 0.3) is 0 Å². The van der Waals surface area contributed by atoms with E-state index >= 15 is 0 Å². The molecule has 41 heavy (non-hydrogen) atoms. The monoisotopic (exact) mass is 591 g/mol. The molecule has 2 atom stereocenters. The van der Waals surface area contributed by atoms with E-state index in [-0.39, 0.29) is 43.3 Å². The number of benzene rings is 2. The average Bonchev–Trinajstić information content (AvgIpc) is 3.54. The second-order valence-electron chi connectivity index (χ2n) is 9.17. The third kappa shape index (κ3) is 5.75. The fourth-order valence-electron chi connectivity index (χ4n) is 4.75. The van der Waals surface area contributed by atoms with Crippen molar-refractivity contribution >= 4 is 17.6 Å². The Kier molecular flexibility index (Phi) is 7.95. The van der Waals surface area contributed by atoms with Crippen molar-refractivity contribution in [2.24, 2.45) is 0 Å². The van der Waals surface area contributed by atoms with Gasteiger partial charge in [0, 0.05) is 17.0 Å². The molecular weight excluding hydrogens is 567 g/mol. The zero-order valence-electron chi connectivity index (χ0n) is 22.2. The van der Waals surface area contributed by atoms with E-state index in [1.807, 2.05) is 13.0 Å². The highest BCUT2D eigenvalue weighted by molar-refractivity contribution is 6.30. The molecule has 2 aromatic carbocycles. The standard InChI is InChI=1S/C26H25ClF3N7O4/c1-4-40-22(38)13-21-31-35-36(34-21)11-10-20-24-32-33-25(26(28,29)30)37(24)18-9-8-15(27)12-17(18)23(41-20)16-6-5-7-19(39-3)14(16)2/h5-9,12,20,23H,4,10-11,13H2,1-3H3/t20-,23-/m1/s1. The minimum absolute atomic E-state index is 0.0455. The maximum atomic E-state index is 14.2. The smallest absolute Gasteiger partial charge is 0.452 e. The maximum absolute atomic E-state index is 14.2. The lowest BCUT2D eigenvalue weighted by Crippen LogP contribution is -2.17. The molecule has 4 aromatic rings. The van der Waals surface area contributed by atoms with Crippen LogP contribution in [0, 0.1) is 6.92 Å². The van der Waals surface area contributed by atoms with Crippen LogP contribution in [0.15, 0.2) is 36.4 Å². The van der Waals surface area contributed by atoms with Crippen LogP contribution in [0.5, 0.6) is 5.75 Å². The summed E-state index contributed by atoms with van der Waals surface area (Å²) in [5.41, 5.74) is 2.02. The third-order valence-corrected chi connectivity index (χ3v) is 6.80. The van der Waals surface area contributed by atoms with E-state index in [1.54, 1.807) is 25.1 Å². The first-order valence-corrected chi connectivity index (χ1v) is 13.0. The van der Waals surface area contributed by atoms with Gasteiger partial charge in [-0.05, 0) is 54.5 Å². The molecular formula is C26H25ClF3N7O4. The van der Waals surface area contributed by atoms with E-state index in [9.17, 15) is 18.0 Å². The van der Waals surface area contributed by atoms with Gasteiger partial charge in [-0.1, -0.05) is 23.7 Å². The van der Waals surface area contributed by atoms with Crippen LogP contribution in [-0.4, -0.2) is 54.7 Å². The van der Waals surface area contributed by atoms with Crippen molar-refractivity contribution in [1.29, 1.82) is 0 Å². The average molecular weight is 592 g/mol. The van der Waals surface area contributed by atoms with Gasteiger partial charge >= 0.3 is 12.1 Å². The summed E-state index contributed by atoms with van der Waals surface area (Å²) in [5, 5.41) is 19.7. The number of carbonyl (C=O) groups excluding carboxylic acids is 1. The molecule has 0 spiro atoms. The molecule has 0 unspecified atom stereocenters. The number of tetrazole rings is 1. The van der Waals surface area contributed by atoms with Gasteiger partial charge < -0.3 is 14.2 Å². The highest BCUT2D eigenvalue weighted by Crippen LogP contribution is 2.45. The van der Waals surface area contributed by atoms with E-state index in [1.165, 1.54) is 24.0 Å². The Labute approximate surface area is 237 Å². The molecule has 0 saturated heterocycles. The summed E-state index contributed by atoms with van der Waals surface area (Å²) in [4.78, 5) is 13.0.